The Balaban J connectivity index is 0.000000137. The summed E-state index contributed by atoms with van der Waals surface area (Å²) in [5.74, 6) is 0. The van der Waals surface area contributed by atoms with Crippen molar-refractivity contribution in [2.75, 3.05) is 9.80 Å². The molecule has 0 fully saturated rings. The van der Waals surface area contributed by atoms with E-state index in [1.807, 2.05) is 22.7 Å². The minimum absolute atomic E-state index is 1.11. The second kappa shape index (κ2) is 28.3. The Morgan fingerprint density at radius 3 is 0.775 bits per heavy atom. The van der Waals surface area contributed by atoms with Crippen LogP contribution in [0.25, 0.3) is 193 Å². The van der Waals surface area contributed by atoms with Crippen molar-refractivity contribution in [3.63, 3.8) is 0 Å². The molecule has 0 N–H and O–H groups in total. The number of thiophene rings is 2. The van der Waals surface area contributed by atoms with Crippen LogP contribution in [0.2, 0.25) is 0 Å². The van der Waals surface area contributed by atoms with Gasteiger partial charge in [-0.3, -0.25) is 0 Å². The number of aromatic nitrogens is 2. The molecule has 0 amide bonds. The van der Waals surface area contributed by atoms with E-state index >= 15 is 0 Å². The van der Waals surface area contributed by atoms with Gasteiger partial charge in [0.05, 0.1) is 22.1 Å². The fourth-order valence-electron chi connectivity index (χ4n) is 19.2. The molecule has 0 unspecified atom stereocenters. The van der Waals surface area contributed by atoms with E-state index in [1.54, 1.807) is 0 Å². The molecule has 21 aromatic carbocycles. The molecular formula is C114H72N4S2. The smallest absolute Gasteiger partial charge is 0.0541 e. The molecule has 560 valence electrons. The van der Waals surface area contributed by atoms with E-state index < -0.39 is 0 Å². The molecule has 0 aliphatic heterocycles. The number of rotatable bonds is 11. The monoisotopic (exact) mass is 1560 g/mol. The van der Waals surface area contributed by atoms with Crippen LogP contribution in [0, 0.1) is 0 Å². The van der Waals surface area contributed by atoms with Crippen LogP contribution in [0.5, 0.6) is 0 Å². The number of para-hydroxylation sites is 3. The highest BCUT2D eigenvalue weighted by molar-refractivity contribution is 7.26. The first-order valence-corrected chi connectivity index (χ1v) is 42.7. The molecule has 0 spiro atoms. The van der Waals surface area contributed by atoms with Crippen LogP contribution < -0.4 is 9.80 Å². The molecule has 4 nitrogen and oxygen atoms in total. The van der Waals surface area contributed by atoms with E-state index in [9.17, 15) is 0 Å². The SMILES string of the molecule is c1ccc(-c2ccc3c(c2)c2cc(-c4ccc(N(c5ccc6sc7ccccc7c6c5)c5ccc6c7ccccc7c7ccccc7c6c5)cc4)ccc2n3-c2ccccc2)cc1.c1ccc(-n2c3ccccc3c3cc(-c4ccc(N(c5ccc6sc7ccccc7c6c5)c5ccc6c7ccccc7c7ccccc7c6c5)cc4)ccc32)cc1. The molecule has 25 aromatic rings. The van der Waals surface area contributed by atoms with Gasteiger partial charge in [0.2, 0.25) is 0 Å². The minimum Gasteiger partial charge on any atom is -0.310 e. The number of anilines is 6. The molecule has 0 bridgehead atoms. The predicted octanol–water partition coefficient (Wildman–Crippen LogP) is 33.2. The Labute approximate surface area is 700 Å². The van der Waals surface area contributed by atoms with E-state index in [-0.39, 0.29) is 0 Å². The number of nitrogens with zero attached hydrogens (tertiary/aromatic N) is 4. The molecule has 0 radical (unpaired) electrons. The third-order valence-electron chi connectivity index (χ3n) is 24.7. The van der Waals surface area contributed by atoms with E-state index in [0.29, 0.717) is 0 Å². The van der Waals surface area contributed by atoms with Gasteiger partial charge in [-0.1, -0.05) is 273 Å². The summed E-state index contributed by atoms with van der Waals surface area (Å²) in [6, 6.07) is 161. The van der Waals surface area contributed by atoms with Crippen LogP contribution in [0.4, 0.5) is 34.1 Å². The van der Waals surface area contributed by atoms with Gasteiger partial charge in [0.15, 0.2) is 0 Å². The Morgan fingerprint density at radius 1 is 0.142 bits per heavy atom. The van der Waals surface area contributed by atoms with Crippen molar-refractivity contribution >= 4 is 205 Å². The molecule has 0 saturated carbocycles. The van der Waals surface area contributed by atoms with Crippen molar-refractivity contribution in [3.8, 4) is 44.8 Å². The van der Waals surface area contributed by atoms with Crippen LogP contribution in [-0.4, -0.2) is 9.13 Å². The van der Waals surface area contributed by atoms with Crippen molar-refractivity contribution in [1.82, 2.24) is 9.13 Å². The van der Waals surface area contributed by atoms with Crippen LogP contribution in [-0.2, 0) is 0 Å². The Hall–Kier alpha value is -15.2. The second-order valence-corrected chi connectivity index (χ2v) is 33.6. The van der Waals surface area contributed by atoms with Gasteiger partial charge >= 0.3 is 0 Å². The minimum atomic E-state index is 1.11. The van der Waals surface area contributed by atoms with Gasteiger partial charge in [0.1, 0.15) is 0 Å². The van der Waals surface area contributed by atoms with Crippen LogP contribution >= 0.6 is 22.7 Å². The molecule has 0 aliphatic carbocycles. The summed E-state index contributed by atoms with van der Waals surface area (Å²) in [7, 11) is 0. The van der Waals surface area contributed by atoms with Gasteiger partial charge in [-0.2, -0.15) is 0 Å². The third kappa shape index (κ3) is 11.5. The fraction of sp³-hybridized carbons (Fsp3) is 0. The summed E-state index contributed by atoms with van der Waals surface area (Å²) >= 11 is 3.72. The summed E-state index contributed by atoms with van der Waals surface area (Å²) in [6.07, 6.45) is 0. The maximum absolute atomic E-state index is 2.43. The van der Waals surface area contributed by atoms with E-state index in [0.717, 1.165) is 39.8 Å². The largest absolute Gasteiger partial charge is 0.310 e. The van der Waals surface area contributed by atoms with Crippen LogP contribution in [0.15, 0.2) is 437 Å². The maximum Gasteiger partial charge on any atom is 0.0541 e. The first-order valence-electron chi connectivity index (χ1n) is 41.1. The summed E-state index contributed by atoms with van der Waals surface area (Å²) in [6.45, 7) is 0. The van der Waals surface area contributed by atoms with Crippen molar-refractivity contribution < 1.29 is 0 Å². The number of benzene rings is 21. The van der Waals surface area contributed by atoms with Crippen molar-refractivity contribution in [2.45, 2.75) is 0 Å². The summed E-state index contributed by atoms with van der Waals surface area (Å²) in [5.41, 5.74) is 21.1. The standard InChI is InChI=1S/C60H38N2S.C54H34N2S/c1-3-13-39(14-4-1)41-25-32-57-54(35-41)55-36-42(26-33-58(55)62(57)43-15-5-2-6-16-43)40-23-27-44(28-24-40)61(46-30-34-60-56(38-46)52-21-11-12-22-59(52)63-60)45-29-31-51-49-19-8-7-17-47(49)48-18-9-10-20-50(48)53(51)37-45;1-2-12-37(13-3-1)56-51-20-10-8-18-46(51)49-32-36(24-30-52(49)56)35-22-25-38(26-23-35)55(40-28-31-54-50(34-40)47-19-9-11-21-53(47)57-54)39-27-29-45-43-16-5-4-14-41(43)42-15-6-7-17-44(42)48(45)33-39/h1-38H;1-34H. The summed E-state index contributed by atoms with van der Waals surface area (Å²) in [4.78, 5) is 4.86. The van der Waals surface area contributed by atoms with Gasteiger partial charge in [-0.05, 0) is 262 Å². The normalized spacial score (nSPS) is 11.8. The van der Waals surface area contributed by atoms with Crippen molar-refractivity contribution in [3.05, 3.63) is 437 Å². The summed E-state index contributed by atoms with van der Waals surface area (Å²) in [5, 5.41) is 25.4. The lowest BCUT2D eigenvalue weighted by Crippen LogP contribution is -2.10. The van der Waals surface area contributed by atoms with E-state index in [4.69, 9.17) is 0 Å². The maximum atomic E-state index is 2.43. The van der Waals surface area contributed by atoms with Gasteiger partial charge in [-0.25, -0.2) is 0 Å². The van der Waals surface area contributed by atoms with E-state index in [2.05, 4.69) is 456 Å². The second-order valence-electron chi connectivity index (χ2n) is 31.4. The third-order valence-corrected chi connectivity index (χ3v) is 27.0. The lowest BCUT2D eigenvalue weighted by Gasteiger charge is -2.26. The van der Waals surface area contributed by atoms with Crippen LogP contribution in [0.1, 0.15) is 0 Å². The van der Waals surface area contributed by atoms with Gasteiger partial charge in [0.25, 0.3) is 0 Å². The van der Waals surface area contributed by atoms with Gasteiger partial charge < -0.3 is 18.9 Å². The molecule has 120 heavy (non-hydrogen) atoms. The first-order chi connectivity index (χ1) is 59.5. The van der Waals surface area contributed by atoms with Gasteiger partial charge in [-0.15, -0.1) is 22.7 Å². The highest BCUT2D eigenvalue weighted by atomic mass is 32.1. The average Bonchev–Trinajstić information content (AvgIpc) is 1.72. The highest BCUT2D eigenvalue weighted by Crippen LogP contribution is 2.49. The summed E-state index contributed by atoms with van der Waals surface area (Å²) < 4.78 is 9.99. The molecule has 4 aromatic heterocycles. The van der Waals surface area contributed by atoms with Crippen molar-refractivity contribution in [2.24, 2.45) is 0 Å². The van der Waals surface area contributed by atoms with E-state index in [1.165, 1.54) is 188 Å². The Bertz CT molecular complexity index is 8340. The zero-order chi connectivity index (χ0) is 78.9. The molecule has 0 atom stereocenters. The Kier molecular flexibility index (Phi) is 16.3. The predicted molar refractivity (Wildman–Crippen MR) is 518 cm³/mol. The number of hydrogen-bond donors (Lipinski definition) is 0. The average molecular weight is 1560 g/mol. The molecular weight excluding hydrogens is 1490 g/mol. The highest BCUT2D eigenvalue weighted by Gasteiger charge is 2.23. The molecule has 4 heterocycles. The first kappa shape index (κ1) is 69.2. The quantitative estimate of drug-likeness (QED) is 0.120. The Morgan fingerprint density at radius 2 is 0.392 bits per heavy atom. The fourth-order valence-corrected chi connectivity index (χ4v) is 21.3. The molecule has 0 aliphatic rings. The number of fused-ring (bicyclic) bond motifs is 24. The lowest BCUT2D eigenvalue weighted by molar-refractivity contribution is 1.18. The topological polar surface area (TPSA) is 16.3 Å². The molecule has 6 heteroatoms. The van der Waals surface area contributed by atoms with Crippen molar-refractivity contribution in [1.29, 1.82) is 0 Å². The van der Waals surface area contributed by atoms with Gasteiger partial charge in [0, 0.05) is 107 Å². The molecule has 0 saturated heterocycles. The zero-order valence-electron chi connectivity index (χ0n) is 65.2. The lowest BCUT2D eigenvalue weighted by atomic mass is 9.94. The number of hydrogen-bond acceptors (Lipinski definition) is 4. The molecule has 25 rings (SSSR count). The van der Waals surface area contributed by atoms with Crippen LogP contribution in [0.3, 0.4) is 0 Å². The zero-order valence-corrected chi connectivity index (χ0v) is 66.8.